The van der Waals surface area contributed by atoms with Gasteiger partial charge in [-0.1, -0.05) is 13.8 Å². The molecule has 1 aromatic heterocycles. The van der Waals surface area contributed by atoms with Crippen LogP contribution < -0.4 is 5.32 Å². The normalized spacial score (nSPS) is 22.3. The van der Waals surface area contributed by atoms with Gasteiger partial charge >= 0.3 is 5.97 Å². The van der Waals surface area contributed by atoms with Crippen LogP contribution in [0.2, 0.25) is 0 Å². The molecule has 0 amide bonds. The minimum absolute atomic E-state index is 0.0241. The summed E-state index contributed by atoms with van der Waals surface area (Å²) in [5.74, 6) is -0.292. The summed E-state index contributed by atoms with van der Waals surface area (Å²) in [7, 11) is 0. The monoisotopic (exact) mass is 251 g/mol. The van der Waals surface area contributed by atoms with Crippen molar-refractivity contribution < 1.29 is 14.3 Å². The summed E-state index contributed by atoms with van der Waals surface area (Å²) in [4.78, 5) is 10.8. The molecule has 1 aliphatic carbocycles. The Kier molecular flexibility index (Phi) is 3.48. The van der Waals surface area contributed by atoms with Crippen molar-refractivity contribution in [2.75, 3.05) is 0 Å². The zero-order valence-corrected chi connectivity index (χ0v) is 11.2. The maximum absolute atomic E-state index is 10.8. The van der Waals surface area contributed by atoms with Crippen LogP contribution in [0.3, 0.4) is 0 Å². The fourth-order valence-electron chi connectivity index (χ4n) is 2.67. The van der Waals surface area contributed by atoms with Gasteiger partial charge < -0.3 is 14.8 Å². The second kappa shape index (κ2) is 4.76. The molecule has 0 radical (unpaired) electrons. The SMILES string of the molecule is Cc1oc(C(=O)O)cc1CNC1CCC(C)(C)C1. The molecule has 0 saturated heterocycles. The van der Waals surface area contributed by atoms with Crippen LogP contribution in [0.5, 0.6) is 0 Å². The first-order chi connectivity index (χ1) is 8.37. The Morgan fingerprint density at radius 2 is 2.33 bits per heavy atom. The molecular weight excluding hydrogens is 230 g/mol. The molecule has 1 atom stereocenters. The lowest BCUT2D eigenvalue weighted by atomic mass is 9.92. The molecule has 1 aliphatic rings. The molecule has 100 valence electrons. The molecule has 0 aliphatic heterocycles. The molecule has 1 aromatic rings. The summed E-state index contributed by atoms with van der Waals surface area (Å²) in [6, 6.07) is 2.15. The molecule has 2 N–H and O–H groups in total. The van der Waals surface area contributed by atoms with Crippen molar-refractivity contribution in [3.8, 4) is 0 Å². The van der Waals surface area contributed by atoms with Gasteiger partial charge in [0.15, 0.2) is 0 Å². The third-order valence-electron chi connectivity index (χ3n) is 3.78. The highest BCUT2D eigenvalue weighted by molar-refractivity contribution is 5.84. The summed E-state index contributed by atoms with van der Waals surface area (Å²) in [5, 5.41) is 12.4. The molecule has 4 heteroatoms. The molecule has 4 nitrogen and oxygen atoms in total. The first-order valence-corrected chi connectivity index (χ1v) is 6.43. The second-order valence-electron chi connectivity index (χ2n) is 5.98. The first kappa shape index (κ1) is 13.1. The molecular formula is C14H21NO3. The van der Waals surface area contributed by atoms with Crippen LogP contribution in [0.25, 0.3) is 0 Å². The fraction of sp³-hybridized carbons (Fsp3) is 0.643. The standard InChI is InChI=1S/C14H21NO3/c1-9-10(6-12(18-9)13(16)17)8-15-11-4-5-14(2,3)7-11/h6,11,15H,4-5,7-8H2,1-3H3,(H,16,17). The van der Waals surface area contributed by atoms with Crippen molar-refractivity contribution in [3.05, 3.63) is 23.2 Å². The number of furan rings is 1. The van der Waals surface area contributed by atoms with Crippen molar-refractivity contribution in [2.45, 2.75) is 52.6 Å². The van der Waals surface area contributed by atoms with Crippen LogP contribution in [0, 0.1) is 12.3 Å². The molecule has 18 heavy (non-hydrogen) atoms. The highest BCUT2D eigenvalue weighted by atomic mass is 16.4. The van der Waals surface area contributed by atoms with Crippen LogP contribution in [0.15, 0.2) is 10.5 Å². The molecule has 0 spiro atoms. The second-order valence-corrected chi connectivity index (χ2v) is 5.98. The summed E-state index contributed by atoms with van der Waals surface area (Å²) in [5.41, 5.74) is 1.37. The third-order valence-corrected chi connectivity index (χ3v) is 3.78. The van der Waals surface area contributed by atoms with Gasteiger partial charge in [0.1, 0.15) is 5.76 Å². The number of hydrogen-bond donors (Lipinski definition) is 2. The van der Waals surface area contributed by atoms with E-state index in [9.17, 15) is 4.79 Å². The van der Waals surface area contributed by atoms with E-state index in [1.54, 1.807) is 6.07 Å². The van der Waals surface area contributed by atoms with Gasteiger partial charge in [-0.3, -0.25) is 0 Å². The molecule has 0 aromatic carbocycles. The van der Waals surface area contributed by atoms with Gasteiger partial charge in [-0.2, -0.15) is 0 Å². The predicted octanol–water partition coefficient (Wildman–Crippen LogP) is 2.95. The van der Waals surface area contributed by atoms with Gasteiger partial charge in [0.2, 0.25) is 5.76 Å². The van der Waals surface area contributed by atoms with Crippen LogP contribution >= 0.6 is 0 Å². The Morgan fingerprint density at radius 1 is 1.61 bits per heavy atom. The van der Waals surface area contributed by atoms with Gasteiger partial charge in [0, 0.05) is 18.2 Å². The molecule has 1 fully saturated rings. The average molecular weight is 251 g/mol. The highest BCUT2D eigenvalue weighted by Crippen LogP contribution is 2.37. The third kappa shape index (κ3) is 2.93. The van der Waals surface area contributed by atoms with E-state index in [0.29, 0.717) is 23.8 Å². The summed E-state index contributed by atoms with van der Waals surface area (Å²) < 4.78 is 5.19. The number of aromatic carboxylic acids is 1. The van der Waals surface area contributed by atoms with Crippen LogP contribution in [-0.4, -0.2) is 17.1 Å². The maximum Gasteiger partial charge on any atom is 0.371 e. The quantitative estimate of drug-likeness (QED) is 0.863. The zero-order chi connectivity index (χ0) is 13.3. The average Bonchev–Trinajstić information content (AvgIpc) is 2.79. The largest absolute Gasteiger partial charge is 0.475 e. The summed E-state index contributed by atoms with van der Waals surface area (Å²) in [6.45, 7) is 7.08. The first-order valence-electron chi connectivity index (χ1n) is 6.43. The van der Waals surface area contributed by atoms with Crippen molar-refractivity contribution in [3.63, 3.8) is 0 Å². The molecule has 1 saturated carbocycles. The number of nitrogens with one attached hydrogen (secondary N) is 1. The number of aryl methyl sites for hydroxylation is 1. The van der Waals surface area contributed by atoms with E-state index in [1.165, 1.54) is 19.3 Å². The van der Waals surface area contributed by atoms with Crippen molar-refractivity contribution in [1.82, 2.24) is 5.32 Å². The molecule has 1 heterocycles. The van der Waals surface area contributed by atoms with Gasteiger partial charge in [-0.25, -0.2) is 4.79 Å². The smallest absolute Gasteiger partial charge is 0.371 e. The van der Waals surface area contributed by atoms with Gasteiger partial charge in [-0.15, -0.1) is 0 Å². The van der Waals surface area contributed by atoms with E-state index in [2.05, 4.69) is 19.2 Å². The highest BCUT2D eigenvalue weighted by Gasteiger charge is 2.30. The van der Waals surface area contributed by atoms with Crippen molar-refractivity contribution >= 4 is 5.97 Å². The molecule has 0 bridgehead atoms. The number of hydrogen-bond acceptors (Lipinski definition) is 3. The fourth-order valence-corrected chi connectivity index (χ4v) is 2.67. The Hall–Kier alpha value is -1.29. The van der Waals surface area contributed by atoms with E-state index in [0.717, 1.165) is 5.56 Å². The molecule has 2 rings (SSSR count). The minimum atomic E-state index is -1.01. The van der Waals surface area contributed by atoms with Crippen LogP contribution in [0.4, 0.5) is 0 Å². The predicted molar refractivity (Wildman–Crippen MR) is 68.7 cm³/mol. The van der Waals surface area contributed by atoms with E-state index in [1.807, 2.05) is 6.92 Å². The van der Waals surface area contributed by atoms with Crippen molar-refractivity contribution in [1.29, 1.82) is 0 Å². The van der Waals surface area contributed by atoms with E-state index >= 15 is 0 Å². The topological polar surface area (TPSA) is 62.5 Å². The van der Waals surface area contributed by atoms with Gasteiger partial charge in [0.25, 0.3) is 0 Å². The number of rotatable bonds is 4. The Morgan fingerprint density at radius 3 is 2.83 bits per heavy atom. The lowest BCUT2D eigenvalue weighted by molar-refractivity contribution is 0.0661. The maximum atomic E-state index is 10.8. The summed E-state index contributed by atoms with van der Waals surface area (Å²) in [6.07, 6.45) is 3.61. The minimum Gasteiger partial charge on any atom is -0.475 e. The van der Waals surface area contributed by atoms with Crippen LogP contribution in [-0.2, 0) is 6.54 Å². The lowest BCUT2D eigenvalue weighted by Crippen LogP contribution is -2.26. The Bertz CT molecular complexity index is 448. The van der Waals surface area contributed by atoms with Gasteiger partial charge in [0.05, 0.1) is 0 Å². The number of carbonyl (C=O) groups is 1. The van der Waals surface area contributed by atoms with Gasteiger partial charge in [-0.05, 0) is 37.7 Å². The van der Waals surface area contributed by atoms with Crippen LogP contribution in [0.1, 0.15) is 55.0 Å². The Labute approximate surface area is 107 Å². The van der Waals surface area contributed by atoms with E-state index < -0.39 is 5.97 Å². The number of carboxylic acids is 1. The van der Waals surface area contributed by atoms with E-state index in [-0.39, 0.29) is 5.76 Å². The van der Waals surface area contributed by atoms with E-state index in [4.69, 9.17) is 9.52 Å². The lowest BCUT2D eigenvalue weighted by Gasteiger charge is -2.17. The molecule has 1 unspecified atom stereocenters. The summed E-state index contributed by atoms with van der Waals surface area (Å²) >= 11 is 0. The number of carboxylic acid groups (broad SMARTS) is 1. The zero-order valence-electron chi connectivity index (χ0n) is 11.2. The van der Waals surface area contributed by atoms with Crippen molar-refractivity contribution in [2.24, 2.45) is 5.41 Å². The Balaban J connectivity index is 1.93.